The van der Waals surface area contributed by atoms with Crippen LogP contribution in [0, 0.1) is 0 Å². The molecule has 1 aliphatic rings. The Hall–Kier alpha value is -0.430. The summed E-state index contributed by atoms with van der Waals surface area (Å²) in [6, 6.07) is 3.33. The Kier molecular flexibility index (Phi) is 3.87. The lowest BCUT2D eigenvalue weighted by molar-refractivity contribution is 0.158. The summed E-state index contributed by atoms with van der Waals surface area (Å²) in [5.74, 6) is 0. The molecule has 0 bridgehead atoms. The average Bonchev–Trinajstić information content (AvgIpc) is 2.85. The highest BCUT2D eigenvalue weighted by Gasteiger charge is 2.36. The van der Waals surface area contributed by atoms with Gasteiger partial charge in [0.25, 0.3) is 10.0 Å². The Bertz CT molecular complexity index is 453. The van der Waals surface area contributed by atoms with E-state index in [1.165, 1.54) is 11.3 Å². The molecule has 1 saturated heterocycles. The van der Waals surface area contributed by atoms with Crippen molar-refractivity contribution < 1.29 is 13.5 Å². The van der Waals surface area contributed by atoms with E-state index in [0.29, 0.717) is 17.2 Å². The zero-order valence-electron chi connectivity index (χ0n) is 9.74. The molecule has 0 aliphatic carbocycles. The fourth-order valence-corrected chi connectivity index (χ4v) is 5.10. The highest BCUT2D eigenvalue weighted by molar-refractivity contribution is 7.91. The van der Waals surface area contributed by atoms with Crippen LogP contribution in [0.5, 0.6) is 0 Å². The number of hydrogen-bond donors (Lipinski definition) is 1. The van der Waals surface area contributed by atoms with Crippen molar-refractivity contribution in [3.63, 3.8) is 0 Å². The van der Waals surface area contributed by atoms with Gasteiger partial charge >= 0.3 is 0 Å². The van der Waals surface area contributed by atoms with Crippen molar-refractivity contribution in [3.05, 3.63) is 17.5 Å². The molecule has 2 heterocycles. The standard InChI is InChI=1S/C11H17NO3S2/c1-9(13)8-10-4-2-6-12(10)17(14,15)11-5-3-7-16-11/h3,5,7,9-10,13H,2,4,6,8H2,1H3. The van der Waals surface area contributed by atoms with Gasteiger partial charge in [-0.25, -0.2) is 8.42 Å². The molecule has 0 saturated carbocycles. The molecule has 4 nitrogen and oxygen atoms in total. The quantitative estimate of drug-likeness (QED) is 0.909. The number of aliphatic hydroxyl groups excluding tert-OH is 1. The molecule has 17 heavy (non-hydrogen) atoms. The fraction of sp³-hybridized carbons (Fsp3) is 0.636. The van der Waals surface area contributed by atoms with Gasteiger partial charge in [0, 0.05) is 12.6 Å². The number of sulfonamides is 1. The van der Waals surface area contributed by atoms with Crippen molar-refractivity contribution in [1.82, 2.24) is 4.31 Å². The summed E-state index contributed by atoms with van der Waals surface area (Å²) in [5, 5.41) is 11.2. The van der Waals surface area contributed by atoms with Gasteiger partial charge in [-0.15, -0.1) is 11.3 Å². The van der Waals surface area contributed by atoms with Crippen molar-refractivity contribution in [1.29, 1.82) is 0 Å². The topological polar surface area (TPSA) is 57.6 Å². The van der Waals surface area contributed by atoms with Crippen LogP contribution in [0.25, 0.3) is 0 Å². The van der Waals surface area contributed by atoms with Crippen molar-refractivity contribution in [2.75, 3.05) is 6.54 Å². The number of aliphatic hydroxyl groups is 1. The van der Waals surface area contributed by atoms with Gasteiger partial charge in [0.05, 0.1) is 6.10 Å². The predicted octanol–water partition coefficient (Wildman–Crippen LogP) is 1.67. The van der Waals surface area contributed by atoms with E-state index in [0.717, 1.165) is 12.8 Å². The molecule has 0 amide bonds. The third-order valence-electron chi connectivity index (χ3n) is 2.99. The monoisotopic (exact) mass is 275 g/mol. The van der Waals surface area contributed by atoms with Gasteiger partial charge in [0.15, 0.2) is 0 Å². The first-order valence-electron chi connectivity index (χ1n) is 5.75. The lowest BCUT2D eigenvalue weighted by Crippen LogP contribution is -2.36. The van der Waals surface area contributed by atoms with Gasteiger partial charge in [-0.05, 0) is 37.6 Å². The zero-order valence-corrected chi connectivity index (χ0v) is 11.4. The van der Waals surface area contributed by atoms with Crippen molar-refractivity contribution >= 4 is 21.4 Å². The molecule has 96 valence electrons. The van der Waals surface area contributed by atoms with Crippen LogP contribution in [0.15, 0.2) is 21.7 Å². The summed E-state index contributed by atoms with van der Waals surface area (Å²) < 4.78 is 26.6. The molecule has 0 radical (unpaired) electrons. The second-order valence-corrected chi connectivity index (χ2v) is 7.49. The molecule has 1 fully saturated rings. The van der Waals surface area contributed by atoms with Gasteiger partial charge < -0.3 is 5.11 Å². The number of rotatable bonds is 4. The molecule has 1 aromatic heterocycles. The maximum absolute atomic E-state index is 12.3. The summed E-state index contributed by atoms with van der Waals surface area (Å²) in [7, 11) is -3.35. The van der Waals surface area contributed by atoms with Gasteiger partial charge in [-0.1, -0.05) is 6.07 Å². The van der Waals surface area contributed by atoms with Crippen molar-refractivity contribution in [2.45, 2.75) is 42.5 Å². The van der Waals surface area contributed by atoms with E-state index in [4.69, 9.17) is 0 Å². The van der Waals surface area contributed by atoms with Crippen LogP contribution in [0.1, 0.15) is 26.2 Å². The van der Waals surface area contributed by atoms with E-state index in [9.17, 15) is 13.5 Å². The molecular formula is C11H17NO3S2. The second kappa shape index (κ2) is 5.06. The third-order valence-corrected chi connectivity index (χ3v) is 6.32. The lowest BCUT2D eigenvalue weighted by atomic mass is 10.1. The Morgan fingerprint density at radius 3 is 3.00 bits per heavy atom. The molecule has 1 aliphatic heterocycles. The molecule has 0 spiro atoms. The molecule has 1 aromatic rings. The lowest BCUT2D eigenvalue weighted by Gasteiger charge is -2.24. The Balaban J connectivity index is 2.21. The van der Waals surface area contributed by atoms with Gasteiger partial charge in [0.2, 0.25) is 0 Å². The first-order valence-corrected chi connectivity index (χ1v) is 8.07. The maximum Gasteiger partial charge on any atom is 0.252 e. The van der Waals surface area contributed by atoms with Crippen LogP contribution in [-0.2, 0) is 10.0 Å². The zero-order chi connectivity index (χ0) is 12.5. The van der Waals surface area contributed by atoms with E-state index in [2.05, 4.69) is 0 Å². The van der Waals surface area contributed by atoms with E-state index in [-0.39, 0.29) is 6.04 Å². The van der Waals surface area contributed by atoms with E-state index < -0.39 is 16.1 Å². The van der Waals surface area contributed by atoms with Crippen molar-refractivity contribution in [2.24, 2.45) is 0 Å². The van der Waals surface area contributed by atoms with Gasteiger partial charge in [-0.3, -0.25) is 0 Å². The molecule has 2 rings (SSSR count). The summed E-state index contributed by atoms with van der Waals surface area (Å²) in [4.78, 5) is 0. The van der Waals surface area contributed by atoms with E-state index in [1.54, 1.807) is 28.7 Å². The Morgan fingerprint density at radius 2 is 2.41 bits per heavy atom. The fourth-order valence-electron chi connectivity index (χ4n) is 2.28. The molecule has 2 atom stereocenters. The molecule has 2 unspecified atom stereocenters. The molecule has 1 N–H and O–H groups in total. The van der Waals surface area contributed by atoms with E-state index in [1.807, 2.05) is 0 Å². The minimum Gasteiger partial charge on any atom is -0.393 e. The number of nitrogens with zero attached hydrogens (tertiary/aromatic N) is 1. The highest BCUT2D eigenvalue weighted by Crippen LogP contribution is 2.30. The summed E-state index contributed by atoms with van der Waals surface area (Å²) in [6.07, 6.45) is 1.78. The largest absolute Gasteiger partial charge is 0.393 e. The first-order chi connectivity index (χ1) is 8.01. The predicted molar refractivity (Wildman–Crippen MR) is 67.5 cm³/mol. The number of hydrogen-bond acceptors (Lipinski definition) is 4. The SMILES string of the molecule is CC(O)CC1CCCN1S(=O)(=O)c1cccs1. The van der Waals surface area contributed by atoms with Crippen LogP contribution in [0.2, 0.25) is 0 Å². The van der Waals surface area contributed by atoms with Crippen LogP contribution in [-0.4, -0.2) is 36.5 Å². The normalized spacial score (nSPS) is 24.0. The Morgan fingerprint density at radius 1 is 1.65 bits per heavy atom. The average molecular weight is 275 g/mol. The smallest absolute Gasteiger partial charge is 0.252 e. The van der Waals surface area contributed by atoms with Crippen LogP contribution in [0.4, 0.5) is 0 Å². The summed E-state index contributed by atoms with van der Waals surface area (Å²) >= 11 is 1.25. The first kappa shape index (κ1) is 13.0. The van der Waals surface area contributed by atoms with E-state index >= 15 is 0 Å². The van der Waals surface area contributed by atoms with Gasteiger partial charge in [0.1, 0.15) is 4.21 Å². The van der Waals surface area contributed by atoms with Crippen LogP contribution < -0.4 is 0 Å². The summed E-state index contributed by atoms with van der Waals surface area (Å²) in [5.41, 5.74) is 0. The molecule has 6 heteroatoms. The molecule has 0 aromatic carbocycles. The molecular weight excluding hydrogens is 258 g/mol. The third kappa shape index (κ3) is 2.70. The van der Waals surface area contributed by atoms with Gasteiger partial charge in [-0.2, -0.15) is 4.31 Å². The van der Waals surface area contributed by atoms with Crippen LogP contribution >= 0.6 is 11.3 Å². The minimum atomic E-state index is -3.35. The highest BCUT2D eigenvalue weighted by atomic mass is 32.2. The number of thiophene rings is 1. The summed E-state index contributed by atoms with van der Waals surface area (Å²) in [6.45, 7) is 2.27. The second-order valence-electron chi connectivity index (χ2n) is 4.43. The Labute approximate surface area is 106 Å². The van der Waals surface area contributed by atoms with Crippen molar-refractivity contribution in [3.8, 4) is 0 Å². The minimum absolute atomic E-state index is 0.0536. The maximum atomic E-state index is 12.3. The van der Waals surface area contributed by atoms with Crippen LogP contribution in [0.3, 0.4) is 0 Å².